The number of aromatic hydroxyl groups is 2. The molecule has 4 rings (SSSR count). The van der Waals surface area contributed by atoms with Gasteiger partial charge in [-0.1, -0.05) is 88.4 Å². The summed E-state index contributed by atoms with van der Waals surface area (Å²) in [5.74, 6) is 0.322. The Bertz CT molecular complexity index is 1390. The Morgan fingerprint density at radius 3 is 1.32 bits per heavy atom. The quantitative estimate of drug-likeness (QED) is 0.180. The standard InChI is InChI=1S/C35H36O6/c1-22(2)20-40-32-18-30(36)28(34(38)24-11-7-5-8-12-24)16-26(32)15-27-17-29(35(39)25-13-9-6-10-14-25)31(37)19-33(27)41-21-23(3)4/h5-14,16-19,22-23,36-37H,15,20-21H2,1-4H3. The lowest BCUT2D eigenvalue weighted by atomic mass is 9.94. The Labute approximate surface area is 241 Å². The van der Waals surface area contributed by atoms with Gasteiger partial charge < -0.3 is 19.7 Å². The van der Waals surface area contributed by atoms with E-state index < -0.39 is 0 Å². The predicted octanol–water partition coefficient (Wildman–Crippen LogP) is 7.22. The van der Waals surface area contributed by atoms with Crippen LogP contribution < -0.4 is 9.47 Å². The highest BCUT2D eigenvalue weighted by Gasteiger charge is 2.22. The van der Waals surface area contributed by atoms with Gasteiger partial charge in [-0.25, -0.2) is 0 Å². The van der Waals surface area contributed by atoms with E-state index >= 15 is 0 Å². The topological polar surface area (TPSA) is 93.1 Å². The van der Waals surface area contributed by atoms with Crippen molar-refractivity contribution in [2.45, 2.75) is 34.1 Å². The van der Waals surface area contributed by atoms with E-state index in [1.807, 2.05) is 39.8 Å². The number of ketones is 2. The average Bonchev–Trinajstić information content (AvgIpc) is 2.97. The van der Waals surface area contributed by atoms with Crippen molar-refractivity contribution in [3.8, 4) is 23.0 Å². The van der Waals surface area contributed by atoms with Crippen LogP contribution in [0.3, 0.4) is 0 Å². The van der Waals surface area contributed by atoms with E-state index in [1.165, 1.54) is 12.1 Å². The number of rotatable bonds is 12. The minimum atomic E-state index is -0.318. The number of hydrogen-bond acceptors (Lipinski definition) is 6. The van der Waals surface area contributed by atoms with Crippen molar-refractivity contribution in [2.75, 3.05) is 13.2 Å². The van der Waals surface area contributed by atoms with Gasteiger partial charge in [-0.05, 0) is 35.1 Å². The average molecular weight is 553 g/mol. The number of hydrogen-bond donors (Lipinski definition) is 2. The maximum Gasteiger partial charge on any atom is 0.196 e. The summed E-state index contributed by atoms with van der Waals surface area (Å²) in [7, 11) is 0. The number of phenolic OH excluding ortho intramolecular Hbond substituents is 2. The largest absolute Gasteiger partial charge is 0.507 e. The normalized spacial score (nSPS) is 11.1. The lowest BCUT2D eigenvalue weighted by molar-refractivity contribution is 0.102. The van der Waals surface area contributed by atoms with Gasteiger partial charge in [-0.2, -0.15) is 0 Å². The zero-order chi connectivity index (χ0) is 29.5. The molecular weight excluding hydrogens is 516 g/mol. The van der Waals surface area contributed by atoms with Crippen LogP contribution in [0.2, 0.25) is 0 Å². The summed E-state index contributed by atoms with van der Waals surface area (Å²) in [5.41, 5.74) is 2.47. The Morgan fingerprint density at radius 2 is 0.976 bits per heavy atom. The van der Waals surface area contributed by atoms with Crippen LogP contribution in [-0.2, 0) is 6.42 Å². The monoisotopic (exact) mass is 552 g/mol. The first kappa shape index (κ1) is 29.4. The number of ether oxygens (including phenoxy) is 2. The molecule has 0 saturated heterocycles. The lowest BCUT2D eigenvalue weighted by Gasteiger charge is -2.19. The van der Waals surface area contributed by atoms with Crippen LogP contribution in [0, 0.1) is 11.8 Å². The Kier molecular flexibility index (Phi) is 9.45. The van der Waals surface area contributed by atoms with Crippen molar-refractivity contribution in [1.82, 2.24) is 0 Å². The molecule has 0 atom stereocenters. The molecule has 0 heterocycles. The zero-order valence-corrected chi connectivity index (χ0v) is 23.9. The van der Waals surface area contributed by atoms with Crippen molar-refractivity contribution >= 4 is 11.6 Å². The van der Waals surface area contributed by atoms with Crippen LogP contribution in [0.15, 0.2) is 84.9 Å². The lowest BCUT2D eigenvalue weighted by Crippen LogP contribution is -2.11. The highest BCUT2D eigenvalue weighted by molar-refractivity contribution is 6.11. The summed E-state index contributed by atoms with van der Waals surface area (Å²) in [6.07, 6.45) is 0.228. The van der Waals surface area contributed by atoms with Crippen LogP contribution >= 0.6 is 0 Å². The summed E-state index contributed by atoms with van der Waals surface area (Å²) in [6, 6.07) is 23.7. The van der Waals surface area contributed by atoms with Crippen molar-refractivity contribution in [3.63, 3.8) is 0 Å². The van der Waals surface area contributed by atoms with E-state index in [2.05, 4.69) is 0 Å². The van der Waals surface area contributed by atoms with Gasteiger partial charge in [0.2, 0.25) is 0 Å². The smallest absolute Gasteiger partial charge is 0.196 e. The first-order chi connectivity index (χ1) is 19.6. The fourth-order valence-electron chi connectivity index (χ4n) is 4.34. The molecule has 0 spiro atoms. The van der Waals surface area contributed by atoms with Gasteiger partial charge in [0.1, 0.15) is 23.0 Å². The number of benzene rings is 4. The number of carbonyl (C=O) groups is 2. The summed E-state index contributed by atoms with van der Waals surface area (Å²) < 4.78 is 12.1. The van der Waals surface area contributed by atoms with Crippen LogP contribution in [-0.4, -0.2) is 35.0 Å². The van der Waals surface area contributed by atoms with E-state index in [0.29, 0.717) is 47.0 Å². The highest BCUT2D eigenvalue weighted by atomic mass is 16.5. The molecule has 0 unspecified atom stereocenters. The summed E-state index contributed by atoms with van der Waals surface area (Å²) in [5, 5.41) is 21.7. The third kappa shape index (κ3) is 7.34. The number of phenols is 2. The van der Waals surface area contributed by atoms with Crippen molar-refractivity contribution < 1.29 is 29.3 Å². The molecule has 6 heteroatoms. The molecule has 0 amide bonds. The van der Waals surface area contributed by atoms with Crippen molar-refractivity contribution in [1.29, 1.82) is 0 Å². The third-order valence-corrected chi connectivity index (χ3v) is 6.44. The molecule has 0 aliphatic rings. The molecule has 0 radical (unpaired) electrons. The minimum absolute atomic E-state index is 0.145. The fourth-order valence-corrected chi connectivity index (χ4v) is 4.34. The van der Waals surface area contributed by atoms with Crippen LogP contribution in [0.5, 0.6) is 23.0 Å². The van der Waals surface area contributed by atoms with E-state index in [9.17, 15) is 19.8 Å². The molecule has 6 nitrogen and oxygen atoms in total. The maximum absolute atomic E-state index is 13.3. The molecule has 4 aromatic rings. The van der Waals surface area contributed by atoms with Gasteiger partial charge in [-0.15, -0.1) is 0 Å². The van der Waals surface area contributed by atoms with Gasteiger partial charge in [0.05, 0.1) is 24.3 Å². The summed E-state index contributed by atoms with van der Waals surface area (Å²) >= 11 is 0. The van der Waals surface area contributed by atoms with Gasteiger partial charge in [0.15, 0.2) is 11.6 Å². The highest BCUT2D eigenvalue weighted by Crippen LogP contribution is 2.36. The number of carbonyl (C=O) groups excluding carboxylic acids is 2. The SMILES string of the molecule is CC(C)COc1cc(O)c(C(=O)c2ccccc2)cc1Cc1cc(C(=O)c2ccccc2)c(O)cc1OCC(C)C. The molecule has 0 aliphatic carbocycles. The zero-order valence-electron chi connectivity index (χ0n) is 23.9. The van der Waals surface area contributed by atoms with Crippen LogP contribution in [0.4, 0.5) is 0 Å². The Hall–Kier alpha value is -4.58. The van der Waals surface area contributed by atoms with E-state index in [-0.39, 0.29) is 52.4 Å². The van der Waals surface area contributed by atoms with E-state index in [4.69, 9.17) is 9.47 Å². The minimum Gasteiger partial charge on any atom is -0.507 e. The molecule has 2 N–H and O–H groups in total. The second kappa shape index (κ2) is 13.2. The molecule has 0 fully saturated rings. The van der Waals surface area contributed by atoms with Crippen LogP contribution in [0.25, 0.3) is 0 Å². The first-order valence-corrected chi connectivity index (χ1v) is 13.8. The van der Waals surface area contributed by atoms with Gasteiger partial charge >= 0.3 is 0 Å². The molecule has 212 valence electrons. The Morgan fingerprint density at radius 1 is 0.610 bits per heavy atom. The molecular formula is C35H36O6. The van der Waals surface area contributed by atoms with E-state index in [1.54, 1.807) is 60.7 Å². The predicted molar refractivity (Wildman–Crippen MR) is 159 cm³/mol. The molecule has 4 aromatic carbocycles. The summed E-state index contributed by atoms with van der Waals surface area (Å²) in [6.45, 7) is 8.89. The van der Waals surface area contributed by atoms with Gasteiger partial charge in [-0.3, -0.25) is 9.59 Å². The van der Waals surface area contributed by atoms with Crippen molar-refractivity contribution in [2.24, 2.45) is 11.8 Å². The summed E-state index contributed by atoms with van der Waals surface area (Å²) in [4.78, 5) is 26.7. The third-order valence-electron chi connectivity index (χ3n) is 6.44. The molecule has 0 bridgehead atoms. The molecule has 0 aromatic heterocycles. The van der Waals surface area contributed by atoms with Crippen molar-refractivity contribution in [3.05, 3.63) is 118 Å². The second-order valence-corrected chi connectivity index (χ2v) is 10.9. The molecule has 0 saturated carbocycles. The fraction of sp³-hybridized carbons (Fsp3) is 0.257. The second-order valence-electron chi connectivity index (χ2n) is 10.9. The van der Waals surface area contributed by atoms with Gasteiger partial charge in [0.25, 0.3) is 0 Å². The molecule has 0 aliphatic heterocycles. The first-order valence-electron chi connectivity index (χ1n) is 13.8. The van der Waals surface area contributed by atoms with E-state index in [0.717, 1.165) is 0 Å². The van der Waals surface area contributed by atoms with Gasteiger partial charge in [0, 0.05) is 29.7 Å². The Balaban J connectivity index is 1.82. The van der Waals surface area contributed by atoms with Crippen LogP contribution in [0.1, 0.15) is 70.7 Å². The maximum atomic E-state index is 13.3. The molecule has 41 heavy (non-hydrogen) atoms.